The van der Waals surface area contributed by atoms with Crippen molar-refractivity contribution in [2.24, 2.45) is 0 Å². The molecule has 0 radical (unpaired) electrons. The van der Waals surface area contributed by atoms with Gasteiger partial charge in [0.25, 0.3) is 0 Å². The maximum Gasteiger partial charge on any atom is 0.193 e. The fourth-order valence-electron chi connectivity index (χ4n) is 5.28. The van der Waals surface area contributed by atoms with Crippen LogP contribution in [0.2, 0.25) is 0 Å². The second-order valence-electron chi connectivity index (χ2n) is 9.11. The first kappa shape index (κ1) is 20.5. The van der Waals surface area contributed by atoms with Crippen LogP contribution in [0, 0.1) is 27.7 Å². The average Bonchev–Trinajstić information content (AvgIpc) is 2.90. The molecule has 0 spiro atoms. The Morgan fingerprint density at radius 2 is 0.906 bits per heavy atom. The Bertz CT molecular complexity index is 1230. The molecule has 1 aliphatic rings. The molecule has 158 valence electrons. The standard InChI is InChI=1S/C31H28O/c1-19-7-5-8-20(2)29(19)25-15-13-23-11-12-24-14-16-26(18-28(24)31(32)27(23)17-25)30-21(3)9-6-10-22(30)4/h5-10,13-18H,11-12H2,1-4H3. The molecular formula is C31H28O. The van der Waals surface area contributed by atoms with Gasteiger partial charge in [0.2, 0.25) is 0 Å². The van der Waals surface area contributed by atoms with Crippen molar-refractivity contribution < 1.29 is 4.79 Å². The minimum atomic E-state index is 0.147. The maximum absolute atomic E-state index is 13.8. The predicted octanol–water partition coefficient (Wildman–Crippen LogP) is 7.58. The van der Waals surface area contributed by atoms with Gasteiger partial charge in [-0.3, -0.25) is 4.79 Å². The summed E-state index contributed by atoms with van der Waals surface area (Å²) in [4.78, 5) is 13.8. The fraction of sp³-hybridized carbons (Fsp3) is 0.194. The number of hydrogen-bond donors (Lipinski definition) is 0. The summed E-state index contributed by atoms with van der Waals surface area (Å²) >= 11 is 0. The largest absolute Gasteiger partial charge is 0.289 e. The zero-order chi connectivity index (χ0) is 22.4. The second kappa shape index (κ2) is 7.91. The predicted molar refractivity (Wildman–Crippen MR) is 134 cm³/mol. The zero-order valence-electron chi connectivity index (χ0n) is 19.3. The fourth-order valence-corrected chi connectivity index (χ4v) is 5.28. The van der Waals surface area contributed by atoms with Crippen molar-refractivity contribution in [3.05, 3.63) is 117 Å². The van der Waals surface area contributed by atoms with Crippen LogP contribution in [-0.4, -0.2) is 5.78 Å². The lowest BCUT2D eigenvalue weighted by molar-refractivity contribution is 0.103. The maximum atomic E-state index is 13.8. The lowest BCUT2D eigenvalue weighted by Crippen LogP contribution is -2.05. The monoisotopic (exact) mass is 416 g/mol. The van der Waals surface area contributed by atoms with Gasteiger partial charge >= 0.3 is 0 Å². The molecule has 0 heterocycles. The summed E-state index contributed by atoms with van der Waals surface area (Å²) in [7, 11) is 0. The van der Waals surface area contributed by atoms with Gasteiger partial charge in [0, 0.05) is 11.1 Å². The van der Waals surface area contributed by atoms with Crippen LogP contribution >= 0.6 is 0 Å². The van der Waals surface area contributed by atoms with Gasteiger partial charge in [-0.1, -0.05) is 60.7 Å². The lowest BCUT2D eigenvalue weighted by Gasteiger charge is -2.14. The van der Waals surface area contributed by atoms with E-state index in [1.807, 2.05) is 0 Å². The summed E-state index contributed by atoms with van der Waals surface area (Å²) in [6.07, 6.45) is 1.79. The Labute approximate surface area is 190 Å². The molecule has 0 unspecified atom stereocenters. The van der Waals surface area contributed by atoms with Crippen LogP contribution in [0.3, 0.4) is 0 Å². The highest BCUT2D eigenvalue weighted by molar-refractivity contribution is 6.12. The molecule has 4 aromatic rings. The Kier molecular flexibility index (Phi) is 5.06. The Hall–Kier alpha value is -3.45. The van der Waals surface area contributed by atoms with Crippen LogP contribution in [0.5, 0.6) is 0 Å². The van der Waals surface area contributed by atoms with E-state index >= 15 is 0 Å². The number of carbonyl (C=O) groups is 1. The summed E-state index contributed by atoms with van der Waals surface area (Å²) in [5.41, 5.74) is 13.7. The highest BCUT2D eigenvalue weighted by atomic mass is 16.1. The van der Waals surface area contributed by atoms with Crippen molar-refractivity contribution in [2.45, 2.75) is 40.5 Å². The first-order chi connectivity index (χ1) is 15.4. The van der Waals surface area contributed by atoms with Gasteiger partial charge < -0.3 is 0 Å². The minimum Gasteiger partial charge on any atom is -0.289 e. The molecule has 0 saturated heterocycles. The third-order valence-corrected chi connectivity index (χ3v) is 6.91. The van der Waals surface area contributed by atoms with E-state index in [-0.39, 0.29) is 5.78 Å². The molecule has 4 aromatic carbocycles. The summed E-state index contributed by atoms with van der Waals surface area (Å²) in [6, 6.07) is 25.7. The Morgan fingerprint density at radius 3 is 1.28 bits per heavy atom. The molecule has 0 N–H and O–H groups in total. The molecule has 0 amide bonds. The third kappa shape index (κ3) is 3.39. The van der Waals surface area contributed by atoms with Gasteiger partial charge in [-0.05, 0) is 108 Å². The summed E-state index contributed by atoms with van der Waals surface area (Å²) < 4.78 is 0. The van der Waals surface area contributed by atoms with Crippen molar-refractivity contribution in [1.82, 2.24) is 0 Å². The van der Waals surface area contributed by atoms with Crippen LogP contribution in [0.1, 0.15) is 49.3 Å². The Balaban J connectivity index is 1.65. The first-order valence-corrected chi connectivity index (χ1v) is 11.4. The van der Waals surface area contributed by atoms with E-state index in [0.717, 1.165) is 46.2 Å². The topological polar surface area (TPSA) is 17.1 Å². The van der Waals surface area contributed by atoms with Gasteiger partial charge in [-0.2, -0.15) is 0 Å². The van der Waals surface area contributed by atoms with Crippen molar-refractivity contribution in [3.63, 3.8) is 0 Å². The molecular weight excluding hydrogens is 388 g/mol. The molecule has 0 saturated carbocycles. The van der Waals surface area contributed by atoms with Crippen molar-refractivity contribution >= 4 is 5.78 Å². The number of aryl methyl sites for hydroxylation is 6. The van der Waals surface area contributed by atoms with Crippen LogP contribution in [0.15, 0.2) is 72.8 Å². The number of fused-ring (bicyclic) bond motifs is 2. The quantitative estimate of drug-likeness (QED) is 0.329. The van der Waals surface area contributed by atoms with Crippen molar-refractivity contribution in [2.75, 3.05) is 0 Å². The molecule has 0 atom stereocenters. The molecule has 1 aliphatic carbocycles. The average molecular weight is 417 g/mol. The van der Waals surface area contributed by atoms with Crippen LogP contribution in [-0.2, 0) is 12.8 Å². The molecule has 0 aliphatic heterocycles. The summed E-state index contributed by atoms with van der Waals surface area (Å²) in [5.74, 6) is 0.147. The Morgan fingerprint density at radius 1 is 0.531 bits per heavy atom. The number of carbonyl (C=O) groups excluding carboxylic acids is 1. The van der Waals surface area contributed by atoms with E-state index in [1.54, 1.807) is 0 Å². The normalized spacial score (nSPS) is 12.8. The highest BCUT2D eigenvalue weighted by Gasteiger charge is 2.23. The smallest absolute Gasteiger partial charge is 0.193 e. The van der Waals surface area contributed by atoms with E-state index in [2.05, 4.69) is 100 Å². The van der Waals surface area contributed by atoms with E-state index in [4.69, 9.17) is 0 Å². The minimum absolute atomic E-state index is 0.147. The van der Waals surface area contributed by atoms with E-state index in [9.17, 15) is 4.79 Å². The SMILES string of the molecule is Cc1cccc(C)c1-c1ccc2c(c1)C(=O)c1cc(-c3c(C)cccc3C)ccc1CC2. The van der Waals surface area contributed by atoms with E-state index in [0.29, 0.717) is 0 Å². The molecule has 0 fully saturated rings. The lowest BCUT2D eigenvalue weighted by atomic mass is 9.89. The second-order valence-corrected chi connectivity index (χ2v) is 9.11. The van der Waals surface area contributed by atoms with E-state index < -0.39 is 0 Å². The number of rotatable bonds is 2. The molecule has 1 heteroatoms. The van der Waals surface area contributed by atoms with Crippen LogP contribution < -0.4 is 0 Å². The summed E-state index contributed by atoms with van der Waals surface area (Å²) in [5, 5.41) is 0. The molecule has 0 aromatic heterocycles. The van der Waals surface area contributed by atoms with Crippen molar-refractivity contribution in [3.8, 4) is 22.3 Å². The number of benzene rings is 4. The van der Waals surface area contributed by atoms with E-state index in [1.165, 1.54) is 33.4 Å². The molecule has 1 nitrogen and oxygen atoms in total. The number of hydrogen-bond acceptors (Lipinski definition) is 1. The van der Waals surface area contributed by atoms with Gasteiger partial charge in [-0.25, -0.2) is 0 Å². The van der Waals surface area contributed by atoms with Crippen LogP contribution in [0.4, 0.5) is 0 Å². The molecule has 0 bridgehead atoms. The zero-order valence-corrected chi connectivity index (χ0v) is 19.3. The highest BCUT2D eigenvalue weighted by Crippen LogP contribution is 2.34. The van der Waals surface area contributed by atoms with Gasteiger partial charge in [0.15, 0.2) is 5.78 Å². The molecule has 5 rings (SSSR count). The number of ketones is 1. The van der Waals surface area contributed by atoms with Crippen LogP contribution in [0.25, 0.3) is 22.3 Å². The third-order valence-electron chi connectivity index (χ3n) is 6.91. The van der Waals surface area contributed by atoms with Gasteiger partial charge in [0.05, 0.1) is 0 Å². The summed E-state index contributed by atoms with van der Waals surface area (Å²) in [6.45, 7) is 8.56. The molecule has 32 heavy (non-hydrogen) atoms. The van der Waals surface area contributed by atoms with Crippen molar-refractivity contribution in [1.29, 1.82) is 0 Å². The van der Waals surface area contributed by atoms with Gasteiger partial charge in [0.1, 0.15) is 0 Å². The van der Waals surface area contributed by atoms with Gasteiger partial charge in [-0.15, -0.1) is 0 Å². The first-order valence-electron chi connectivity index (χ1n) is 11.4.